The van der Waals surface area contributed by atoms with E-state index in [2.05, 4.69) is 32.6 Å². The van der Waals surface area contributed by atoms with Crippen LogP contribution in [0.15, 0.2) is 59.3 Å². The molecule has 2 heterocycles. The number of nitriles is 2. The molecular formula is C27H23N7O3. The van der Waals surface area contributed by atoms with Gasteiger partial charge in [-0.25, -0.2) is 0 Å². The van der Waals surface area contributed by atoms with Gasteiger partial charge in [-0.05, 0) is 44.4 Å². The third kappa shape index (κ3) is 5.96. The Labute approximate surface area is 213 Å². The summed E-state index contributed by atoms with van der Waals surface area (Å²) in [6, 6.07) is 17.7. The maximum Gasteiger partial charge on any atom is 0.257 e. The second kappa shape index (κ2) is 11.1. The van der Waals surface area contributed by atoms with Gasteiger partial charge in [0.2, 0.25) is 11.7 Å². The van der Waals surface area contributed by atoms with Gasteiger partial charge in [-0.2, -0.15) is 15.5 Å². The molecule has 0 radical (unpaired) electrons. The van der Waals surface area contributed by atoms with Gasteiger partial charge in [0.05, 0.1) is 28.5 Å². The maximum atomic E-state index is 12.8. The van der Waals surface area contributed by atoms with Crippen LogP contribution in [0, 0.1) is 29.6 Å². The number of anilines is 1. The molecule has 0 aliphatic rings. The molecule has 0 saturated heterocycles. The number of aromatic nitrogens is 3. The molecule has 0 unspecified atom stereocenters. The van der Waals surface area contributed by atoms with E-state index in [1.165, 1.54) is 6.20 Å². The van der Waals surface area contributed by atoms with Crippen LogP contribution in [-0.4, -0.2) is 53.2 Å². The Kier molecular flexibility index (Phi) is 7.53. The lowest BCUT2D eigenvalue weighted by molar-refractivity contribution is 0.102. The minimum atomic E-state index is -0.369. The molecule has 10 nitrogen and oxygen atoms in total. The topological polar surface area (TPSA) is 141 Å². The summed E-state index contributed by atoms with van der Waals surface area (Å²) in [5.41, 5.74) is 3.41. The number of hydrogen-bond acceptors (Lipinski definition) is 9. The average molecular weight is 494 g/mol. The average Bonchev–Trinajstić information content (AvgIpc) is 3.34. The molecule has 10 heteroatoms. The van der Waals surface area contributed by atoms with Crippen molar-refractivity contribution in [1.82, 2.24) is 20.0 Å². The van der Waals surface area contributed by atoms with Crippen LogP contribution in [0.4, 0.5) is 5.69 Å². The van der Waals surface area contributed by atoms with Crippen molar-refractivity contribution in [2.75, 3.05) is 32.6 Å². The van der Waals surface area contributed by atoms with Gasteiger partial charge >= 0.3 is 0 Å². The molecular weight excluding hydrogens is 470 g/mol. The molecule has 0 saturated carbocycles. The lowest BCUT2D eigenvalue weighted by atomic mass is 10.0. The van der Waals surface area contributed by atoms with Crippen molar-refractivity contribution >= 4 is 11.6 Å². The highest BCUT2D eigenvalue weighted by Crippen LogP contribution is 2.27. The highest BCUT2D eigenvalue weighted by Gasteiger charge is 2.14. The molecule has 0 aliphatic heterocycles. The Morgan fingerprint density at radius 3 is 2.54 bits per heavy atom. The summed E-state index contributed by atoms with van der Waals surface area (Å²) in [5.74, 6) is 0.863. The summed E-state index contributed by atoms with van der Waals surface area (Å²) in [4.78, 5) is 23.4. The van der Waals surface area contributed by atoms with Crippen LogP contribution in [0.25, 0.3) is 22.6 Å². The molecule has 1 amide bonds. The standard InChI is InChI=1S/C27H23N7O3/c1-17-31-26(33-37-17)18-5-8-23(21(12-18)15-29)24-9-6-20(16-30-24)27(35)32-22-7-4-19(14-28)25(13-22)36-11-10-34(2)3/h4-9,12-13,16H,10-11H2,1-3H3,(H,32,35). The third-order valence-electron chi connectivity index (χ3n) is 5.38. The summed E-state index contributed by atoms with van der Waals surface area (Å²) < 4.78 is 10.7. The first-order chi connectivity index (χ1) is 17.9. The SMILES string of the molecule is Cc1nc(-c2ccc(-c3ccc(C(=O)Nc4ccc(C#N)c(OCCN(C)C)c4)cn3)c(C#N)c2)no1. The number of ether oxygens (including phenoxy) is 1. The number of nitrogens with one attached hydrogen (secondary N) is 1. The molecule has 0 aliphatic carbocycles. The number of hydrogen-bond donors (Lipinski definition) is 1. The van der Waals surface area contributed by atoms with E-state index in [9.17, 15) is 15.3 Å². The van der Waals surface area contributed by atoms with Crippen LogP contribution in [0.3, 0.4) is 0 Å². The van der Waals surface area contributed by atoms with Crippen molar-refractivity contribution in [3.63, 3.8) is 0 Å². The van der Waals surface area contributed by atoms with E-state index >= 15 is 0 Å². The summed E-state index contributed by atoms with van der Waals surface area (Å²) in [5, 5.41) is 25.7. The van der Waals surface area contributed by atoms with Gasteiger partial charge in [-0.3, -0.25) is 9.78 Å². The van der Waals surface area contributed by atoms with E-state index in [1.807, 2.05) is 19.0 Å². The first-order valence-electron chi connectivity index (χ1n) is 11.3. The Morgan fingerprint density at radius 1 is 1.08 bits per heavy atom. The van der Waals surface area contributed by atoms with Gasteiger partial charge in [0.1, 0.15) is 18.4 Å². The molecule has 184 valence electrons. The van der Waals surface area contributed by atoms with Crippen molar-refractivity contribution in [2.24, 2.45) is 0 Å². The normalized spacial score (nSPS) is 10.5. The van der Waals surface area contributed by atoms with Crippen molar-refractivity contribution in [2.45, 2.75) is 6.92 Å². The van der Waals surface area contributed by atoms with E-state index in [-0.39, 0.29) is 5.91 Å². The fourth-order valence-electron chi connectivity index (χ4n) is 3.46. The quantitative estimate of drug-likeness (QED) is 0.385. The van der Waals surface area contributed by atoms with Gasteiger partial charge in [0, 0.05) is 42.5 Å². The summed E-state index contributed by atoms with van der Waals surface area (Å²) in [7, 11) is 3.86. The van der Waals surface area contributed by atoms with Crippen LogP contribution in [0.1, 0.15) is 27.4 Å². The molecule has 0 fully saturated rings. The predicted octanol–water partition coefficient (Wildman–Crippen LogP) is 4.04. The minimum absolute atomic E-state index is 0.334. The second-order valence-electron chi connectivity index (χ2n) is 8.37. The van der Waals surface area contributed by atoms with E-state index in [4.69, 9.17) is 9.26 Å². The zero-order chi connectivity index (χ0) is 26.4. The van der Waals surface area contributed by atoms with Crippen molar-refractivity contribution in [3.8, 4) is 40.5 Å². The molecule has 37 heavy (non-hydrogen) atoms. The molecule has 4 aromatic rings. The zero-order valence-electron chi connectivity index (χ0n) is 20.5. The Morgan fingerprint density at radius 2 is 1.89 bits per heavy atom. The first kappa shape index (κ1) is 25.0. The predicted molar refractivity (Wildman–Crippen MR) is 136 cm³/mol. The number of aryl methyl sites for hydroxylation is 1. The molecule has 1 N–H and O–H groups in total. The molecule has 0 spiro atoms. The Bertz CT molecular complexity index is 1510. The molecule has 0 bridgehead atoms. The van der Waals surface area contributed by atoms with E-state index in [0.29, 0.717) is 69.8 Å². The smallest absolute Gasteiger partial charge is 0.257 e. The Hall–Kier alpha value is -5.06. The number of amides is 1. The van der Waals surface area contributed by atoms with E-state index in [0.717, 1.165) is 0 Å². The number of carbonyl (C=O) groups excluding carboxylic acids is 1. The lowest BCUT2D eigenvalue weighted by Gasteiger charge is -2.13. The maximum absolute atomic E-state index is 12.8. The fourth-order valence-corrected chi connectivity index (χ4v) is 3.46. The first-order valence-corrected chi connectivity index (χ1v) is 11.3. The largest absolute Gasteiger partial charge is 0.491 e. The van der Waals surface area contributed by atoms with Gasteiger partial charge < -0.3 is 19.5 Å². The summed E-state index contributed by atoms with van der Waals surface area (Å²) in [6.45, 7) is 2.79. The second-order valence-corrected chi connectivity index (χ2v) is 8.37. The van der Waals surface area contributed by atoms with Crippen LogP contribution >= 0.6 is 0 Å². The fraction of sp³-hybridized carbons (Fsp3) is 0.185. The van der Waals surface area contributed by atoms with Crippen LogP contribution in [0.5, 0.6) is 5.75 Å². The van der Waals surface area contributed by atoms with Crippen molar-refractivity contribution in [3.05, 3.63) is 77.3 Å². The van der Waals surface area contributed by atoms with Gasteiger partial charge in [0.15, 0.2) is 0 Å². The molecule has 2 aromatic heterocycles. The number of carbonyl (C=O) groups is 1. The zero-order valence-corrected chi connectivity index (χ0v) is 20.5. The van der Waals surface area contributed by atoms with Crippen LogP contribution in [-0.2, 0) is 0 Å². The summed E-state index contributed by atoms with van der Waals surface area (Å²) >= 11 is 0. The monoisotopic (exact) mass is 493 g/mol. The Balaban J connectivity index is 1.49. The highest BCUT2D eigenvalue weighted by molar-refractivity contribution is 6.04. The van der Waals surface area contributed by atoms with Gasteiger partial charge in [-0.15, -0.1) is 0 Å². The third-order valence-corrected chi connectivity index (χ3v) is 5.38. The number of rotatable bonds is 8. The number of benzene rings is 2. The van der Waals surface area contributed by atoms with Crippen LogP contribution in [0.2, 0.25) is 0 Å². The molecule has 4 rings (SSSR count). The highest BCUT2D eigenvalue weighted by atomic mass is 16.5. The van der Waals surface area contributed by atoms with Crippen LogP contribution < -0.4 is 10.1 Å². The van der Waals surface area contributed by atoms with E-state index < -0.39 is 0 Å². The molecule has 2 aromatic carbocycles. The van der Waals surface area contributed by atoms with E-state index in [1.54, 1.807) is 55.5 Å². The number of pyridine rings is 1. The number of likely N-dealkylation sites (N-methyl/N-ethyl adjacent to an activating group) is 1. The van der Waals surface area contributed by atoms with Gasteiger partial charge in [0.25, 0.3) is 5.91 Å². The van der Waals surface area contributed by atoms with Crippen molar-refractivity contribution < 1.29 is 14.1 Å². The molecule has 0 atom stereocenters. The minimum Gasteiger partial charge on any atom is -0.491 e. The van der Waals surface area contributed by atoms with Crippen molar-refractivity contribution in [1.29, 1.82) is 10.5 Å². The van der Waals surface area contributed by atoms with Gasteiger partial charge in [-0.1, -0.05) is 17.3 Å². The lowest BCUT2D eigenvalue weighted by Crippen LogP contribution is -2.19. The number of nitrogens with zero attached hydrogens (tertiary/aromatic N) is 6. The summed E-state index contributed by atoms with van der Waals surface area (Å²) in [6.07, 6.45) is 1.44.